The molecule has 3 aromatic rings. The second kappa shape index (κ2) is 14.4. The summed E-state index contributed by atoms with van der Waals surface area (Å²) in [6.45, 7) is 4.98. The molecule has 0 spiro atoms. The lowest BCUT2D eigenvalue weighted by Gasteiger charge is -2.39. The predicted molar refractivity (Wildman–Crippen MR) is 174 cm³/mol. The molecule has 0 radical (unpaired) electrons. The van der Waals surface area contributed by atoms with Crippen LogP contribution in [-0.4, -0.2) is 85.3 Å². The smallest absolute Gasteiger partial charge is 0.416 e. The van der Waals surface area contributed by atoms with Crippen LogP contribution >= 0.6 is 11.6 Å². The number of amides is 3. The Labute approximate surface area is 283 Å². The molecule has 0 fully saturated rings. The lowest BCUT2D eigenvalue weighted by Crippen LogP contribution is -2.53. The summed E-state index contributed by atoms with van der Waals surface area (Å²) in [4.78, 5) is 39.7. The van der Waals surface area contributed by atoms with Crippen LogP contribution in [0, 0.1) is 0 Å². The van der Waals surface area contributed by atoms with Crippen LogP contribution in [0.15, 0.2) is 49.2 Å². The fourth-order valence-corrected chi connectivity index (χ4v) is 5.09. The van der Waals surface area contributed by atoms with Crippen molar-refractivity contribution < 1.29 is 40.7 Å². The quantitative estimate of drug-likeness (QED) is 0.161. The van der Waals surface area contributed by atoms with Crippen LogP contribution < -0.4 is 25.2 Å². The Morgan fingerprint density at radius 3 is 2.39 bits per heavy atom. The zero-order valence-corrected chi connectivity index (χ0v) is 27.8. The largest absolute Gasteiger partial charge is 0.494 e. The van der Waals surface area contributed by atoms with E-state index in [0.29, 0.717) is 46.4 Å². The van der Waals surface area contributed by atoms with Gasteiger partial charge in [0.25, 0.3) is 0 Å². The van der Waals surface area contributed by atoms with Crippen LogP contribution in [0.1, 0.15) is 18.1 Å². The molecule has 4 rings (SSSR count). The highest BCUT2D eigenvalue weighted by atomic mass is 35.5. The highest BCUT2D eigenvalue weighted by Crippen LogP contribution is 2.43. The number of methoxy groups -OCH3 is 1. The first-order valence-electron chi connectivity index (χ1n) is 14.5. The number of halogens is 7. The zero-order chi connectivity index (χ0) is 36.4. The van der Waals surface area contributed by atoms with Gasteiger partial charge in [-0.3, -0.25) is 4.79 Å². The van der Waals surface area contributed by atoms with Crippen molar-refractivity contribution in [3.8, 4) is 5.75 Å². The van der Waals surface area contributed by atoms with E-state index in [1.165, 1.54) is 13.3 Å². The summed E-state index contributed by atoms with van der Waals surface area (Å²) in [5, 5.41) is 5.14. The fourth-order valence-electron chi connectivity index (χ4n) is 4.82. The van der Waals surface area contributed by atoms with E-state index in [0.717, 1.165) is 19.1 Å². The highest BCUT2D eigenvalue weighted by molar-refractivity contribution is 6.34. The molecule has 0 saturated heterocycles. The maximum absolute atomic E-state index is 13.8. The molecular formula is C31H33ClF6N8O3. The second-order valence-electron chi connectivity index (χ2n) is 11.3. The Kier molecular flexibility index (Phi) is 10.9. The first-order valence-corrected chi connectivity index (χ1v) is 14.9. The molecule has 11 nitrogen and oxygen atoms in total. The van der Waals surface area contributed by atoms with E-state index in [4.69, 9.17) is 16.3 Å². The number of ether oxygens (including phenoxy) is 1. The highest BCUT2D eigenvalue weighted by Gasteiger charge is 2.47. The third-order valence-electron chi connectivity index (χ3n) is 7.59. The molecule has 0 aliphatic carbocycles. The predicted octanol–water partition coefficient (Wildman–Crippen LogP) is 7.05. The Morgan fingerprint density at radius 1 is 1.12 bits per heavy atom. The van der Waals surface area contributed by atoms with Crippen molar-refractivity contribution >= 4 is 58.1 Å². The average Bonchev–Trinajstić information content (AvgIpc) is 3.02. The Bertz CT molecular complexity index is 1740. The third kappa shape index (κ3) is 8.28. The van der Waals surface area contributed by atoms with Gasteiger partial charge in [-0.05, 0) is 51.4 Å². The number of aromatic nitrogens is 2. The molecule has 1 aromatic heterocycles. The normalized spacial score (nSPS) is 14.0. The van der Waals surface area contributed by atoms with Crippen LogP contribution in [0.25, 0.3) is 0 Å². The van der Waals surface area contributed by atoms with E-state index in [9.17, 15) is 35.9 Å². The van der Waals surface area contributed by atoms with E-state index >= 15 is 0 Å². The Balaban J connectivity index is 1.82. The van der Waals surface area contributed by atoms with Gasteiger partial charge in [0.2, 0.25) is 11.9 Å². The fraction of sp³-hybridized carbons (Fsp3) is 0.355. The maximum atomic E-state index is 13.8. The van der Waals surface area contributed by atoms with Gasteiger partial charge in [0.15, 0.2) is 5.82 Å². The molecule has 2 heterocycles. The van der Waals surface area contributed by atoms with Crippen molar-refractivity contribution in [1.82, 2.24) is 19.8 Å². The number of hydrogen-bond donors (Lipinski definition) is 2. The van der Waals surface area contributed by atoms with E-state index in [2.05, 4.69) is 27.2 Å². The minimum absolute atomic E-state index is 0.0565. The van der Waals surface area contributed by atoms with E-state index in [1.807, 2.05) is 30.9 Å². The number of fused-ring (bicyclic) bond motifs is 1. The van der Waals surface area contributed by atoms with Gasteiger partial charge in [0.1, 0.15) is 11.8 Å². The van der Waals surface area contributed by atoms with Crippen molar-refractivity contribution in [3.63, 3.8) is 0 Å². The minimum Gasteiger partial charge on any atom is -0.494 e. The number of carbonyl (C=O) groups excluding carboxylic acids is 2. The Hall–Kier alpha value is -4.77. The number of alkyl halides is 6. The molecule has 3 amide bonds. The van der Waals surface area contributed by atoms with Crippen molar-refractivity contribution in [3.05, 3.63) is 65.3 Å². The summed E-state index contributed by atoms with van der Waals surface area (Å²) in [6.07, 6.45) is -7.32. The lowest BCUT2D eigenvalue weighted by molar-refractivity contribution is -0.172. The van der Waals surface area contributed by atoms with Gasteiger partial charge < -0.3 is 30.1 Å². The van der Waals surface area contributed by atoms with Crippen molar-refractivity contribution in [2.45, 2.75) is 31.9 Å². The van der Waals surface area contributed by atoms with Crippen molar-refractivity contribution in [1.29, 1.82) is 0 Å². The van der Waals surface area contributed by atoms with Crippen molar-refractivity contribution in [2.75, 3.05) is 61.8 Å². The molecule has 1 aliphatic heterocycles. The summed E-state index contributed by atoms with van der Waals surface area (Å²) in [7, 11) is 7.05. The van der Waals surface area contributed by atoms with Gasteiger partial charge in [0, 0.05) is 38.0 Å². The Morgan fingerprint density at radius 2 is 1.82 bits per heavy atom. The van der Waals surface area contributed by atoms with E-state index in [1.54, 1.807) is 12.1 Å². The van der Waals surface area contributed by atoms with E-state index in [-0.39, 0.29) is 34.5 Å². The number of likely N-dealkylation sites (N-methyl/N-ethyl adjacent to an activating group) is 2. The maximum Gasteiger partial charge on any atom is 0.416 e. The van der Waals surface area contributed by atoms with Crippen molar-refractivity contribution in [2.24, 2.45) is 0 Å². The van der Waals surface area contributed by atoms with Gasteiger partial charge in [-0.15, -0.1) is 0 Å². The number of anilines is 6. The van der Waals surface area contributed by atoms with Crippen LogP contribution in [-0.2, 0) is 17.5 Å². The molecule has 2 aromatic carbocycles. The van der Waals surface area contributed by atoms with Gasteiger partial charge in [-0.2, -0.15) is 31.3 Å². The number of urea groups is 1. The lowest BCUT2D eigenvalue weighted by atomic mass is 10.1. The molecule has 1 atom stereocenters. The molecular weight excluding hydrogens is 682 g/mol. The van der Waals surface area contributed by atoms with E-state index < -0.39 is 47.5 Å². The summed E-state index contributed by atoms with van der Waals surface area (Å²) in [6, 6.07) is 1.81. The number of nitrogens with one attached hydrogen (secondary N) is 2. The van der Waals surface area contributed by atoms with Gasteiger partial charge in [0.05, 0.1) is 47.0 Å². The molecule has 49 heavy (non-hydrogen) atoms. The molecule has 0 saturated carbocycles. The summed E-state index contributed by atoms with van der Waals surface area (Å²) < 4.78 is 87.1. The van der Waals surface area contributed by atoms with Crippen LogP contribution in [0.4, 0.5) is 65.7 Å². The van der Waals surface area contributed by atoms with Crippen LogP contribution in [0.2, 0.25) is 5.02 Å². The average molecular weight is 715 g/mol. The number of benzene rings is 2. The third-order valence-corrected chi connectivity index (χ3v) is 7.89. The van der Waals surface area contributed by atoms with Crippen LogP contribution in [0.5, 0.6) is 5.75 Å². The number of carbonyl (C=O) groups is 2. The summed E-state index contributed by atoms with van der Waals surface area (Å²) in [5.41, 5.74) is -0.197. The summed E-state index contributed by atoms with van der Waals surface area (Å²) >= 11 is 6.22. The first kappa shape index (κ1) is 37.1. The monoisotopic (exact) mass is 714 g/mol. The number of rotatable bonds is 11. The van der Waals surface area contributed by atoms with Crippen LogP contribution in [0.3, 0.4) is 0 Å². The standard InChI is InChI=1S/C31H33ClF6N8O3/c1-7-26(47)40-21-13-22(25(49-6)14-24(21)44(5)11-10-43(3)4)41-28-39-15-18-16-45(17(2)30(33,34)35)29(48)46(27(18)42-28)23-9-8-19(12-20(23)32)31(36,37)38/h7-9,12-15,17H,1,10-11,16H2,2-6H3,(H,40,47)(H,39,41,42)/t17-/m0/s1. The number of hydrogen-bond acceptors (Lipinski definition) is 8. The minimum atomic E-state index is -4.83. The van der Waals surface area contributed by atoms with Gasteiger partial charge >= 0.3 is 18.4 Å². The molecule has 264 valence electrons. The molecule has 0 bridgehead atoms. The second-order valence-corrected chi connectivity index (χ2v) is 11.7. The summed E-state index contributed by atoms with van der Waals surface area (Å²) in [5.74, 6) is -0.587. The first-order chi connectivity index (χ1) is 22.8. The topological polar surface area (TPSA) is 106 Å². The van der Waals surface area contributed by atoms with Gasteiger partial charge in [-0.1, -0.05) is 18.2 Å². The van der Waals surface area contributed by atoms with Gasteiger partial charge in [-0.25, -0.2) is 14.7 Å². The molecule has 1 aliphatic rings. The SMILES string of the molecule is C=CC(=O)Nc1cc(Nc2ncc3c(n2)N(c2ccc(C(F)(F)F)cc2Cl)C(=O)N([C@@H](C)C(F)(F)F)C3)c(OC)cc1N(C)CCN(C)C. The molecule has 2 N–H and O–H groups in total. The zero-order valence-electron chi connectivity index (χ0n) is 27.0. The number of nitrogens with zero attached hydrogens (tertiary/aromatic N) is 6. The molecule has 18 heteroatoms. The molecule has 0 unspecified atom stereocenters.